The van der Waals surface area contributed by atoms with Gasteiger partial charge in [-0.05, 0) is 6.07 Å². The van der Waals surface area contributed by atoms with Crippen molar-refractivity contribution in [3.63, 3.8) is 0 Å². The van der Waals surface area contributed by atoms with E-state index in [1.165, 1.54) is 21.8 Å². The topological polar surface area (TPSA) is 86.7 Å². The molecule has 3 rings (SSSR count). The van der Waals surface area contributed by atoms with Crippen LogP contribution in [0.1, 0.15) is 10.5 Å². The van der Waals surface area contributed by atoms with Gasteiger partial charge in [-0.2, -0.15) is 4.98 Å². The second kappa shape index (κ2) is 4.94. The highest BCUT2D eigenvalue weighted by Gasteiger charge is 2.23. The number of benzene rings is 1. The molecule has 0 radical (unpaired) electrons. The summed E-state index contributed by atoms with van der Waals surface area (Å²) >= 11 is 1.25. The Balaban J connectivity index is 2.12. The number of imidazole rings is 1. The van der Waals surface area contributed by atoms with Crippen LogP contribution in [0, 0.1) is 15.9 Å². The summed E-state index contributed by atoms with van der Waals surface area (Å²) < 4.78 is 20.4. The van der Waals surface area contributed by atoms with E-state index in [0.717, 1.165) is 12.1 Å². The second-order valence-corrected chi connectivity index (χ2v) is 4.80. The third-order valence-electron chi connectivity index (χ3n) is 2.72. The van der Waals surface area contributed by atoms with E-state index >= 15 is 0 Å². The minimum absolute atomic E-state index is 0.0591. The third-order valence-corrected chi connectivity index (χ3v) is 3.48. The molecule has 0 aliphatic carbocycles. The molecular formula is C12H6FN3O4S. The van der Waals surface area contributed by atoms with Gasteiger partial charge in [0.15, 0.2) is 22.8 Å². The molecule has 0 saturated carbocycles. The normalized spacial score (nSPS) is 10.7. The fraction of sp³-hybridized carbons (Fsp3) is 0. The van der Waals surface area contributed by atoms with Crippen molar-refractivity contribution in [2.45, 2.75) is 0 Å². The van der Waals surface area contributed by atoms with Crippen LogP contribution in [0.5, 0.6) is 11.6 Å². The Bertz CT molecular complexity index is 857. The minimum Gasteiger partial charge on any atom is -0.426 e. The number of aromatic nitrogens is 2. The van der Waals surface area contributed by atoms with Gasteiger partial charge in [-0.3, -0.25) is 19.3 Å². The molecular weight excluding hydrogens is 301 g/mol. The van der Waals surface area contributed by atoms with E-state index in [1.54, 1.807) is 11.6 Å². The van der Waals surface area contributed by atoms with Gasteiger partial charge in [-0.1, -0.05) is 6.07 Å². The van der Waals surface area contributed by atoms with E-state index in [0.29, 0.717) is 11.2 Å². The molecule has 7 nitrogen and oxygen atoms in total. The standard InChI is InChI=1S/C12H6FN3O4S/c13-7-2-1-3-8(16(18)19)10(7)20-11-9(6-17)15-4-5-21-12(15)14-11/h1-6H. The number of fused-ring (bicyclic) bond motifs is 1. The number of halogens is 1. The maximum Gasteiger partial charge on any atom is 0.314 e. The molecule has 106 valence electrons. The smallest absolute Gasteiger partial charge is 0.314 e. The predicted molar refractivity (Wildman–Crippen MR) is 71.6 cm³/mol. The molecule has 0 spiro atoms. The van der Waals surface area contributed by atoms with Gasteiger partial charge in [0.25, 0.3) is 0 Å². The van der Waals surface area contributed by atoms with Crippen molar-refractivity contribution in [2.24, 2.45) is 0 Å². The highest BCUT2D eigenvalue weighted by atomic mass is 32.1. The van der Waals surface area contributed by atoms with Crippen LogP contribution in [-0.2, 0) is 0 Å². The molecule has 3 aromatic rings. The Labute approximate surface area is 120 Å². The number of carbonyl (C=O) groups is 1. The Kier molecular flexibility index (Phi) is 3.10. The molecule has 2 heterocycles. The number of carbonyl (C=O) groups excluding carboxylic acids is 1. The molecule has 0 aliphatic heterocycles. The zero-order chi connectivity index (χ0) is 15.0. The molecule has 0 aliphatic rings. The molecule has 1 aromatic carbocycles. The van der Waals surface area contributed by atoms with Crippen LogP contribution >= 0.6 is 11.3 Å². The number of para-hydroxylation sites is 1. The fourth-order valence-electron chi connectivity index (χ4n) is 1.80. The molecule has 0 amide bonds. The molecule has 0 unspecified atom stereocenters. The molecule has 0 saturated heterocycles. The largest absolute Gasteiger partial charge is 0.426 e. The summed E-state index contributed by atoms with van der Waals surface area (Å²) in [6.45, 7) is 0. The van der Waals surface area contributed by atoms with Gasteiger partial charge >= 0.3 is 5.69 Å². The first-order valence-electron chi connectivity index (χ1n) is 5.63. The Morgan fingerprint density at radius 2 is 2.29 bits per heavy atom. The van der Waals surface area contributed by atoms with E-state index in [9.17, 15) is 19.3 Å². The van der Waals surface area contributed by atoms with Crippen molar-refractivity contribution in [2.75, 3.05) is 0 Å². The number of rotatable bonds is 4. The highest BCUT2D eigenvalue weighted by Crippen LogP contribution is 2.35. The Hall–Kier alpha value is -2.81. The van der Waals surface area contributed by atoms with Crippen LogP contribution in [0.3, 0.4) is 0 Å². The average molecular weight is 307 g/mol. The zero-order valence-corrected chi connectivity index (χ0v) is 11.0. The van der Waals surface area contributed by atoms with Crippen LogP contribution < -0.4 is 4.74 Å². The first-order chi connectivity index (χ1) is 10.1. The molecule has 0 fully saturated rings. The summed E-state index contributed by atoms with van der Waals surface area (Å²) in [6.07, 6.45) is 2.09. The second-order valence-electron chi connectivity index (χ2n) is 3.92. The maximum absolute atomic E-state index is 13.8. The Morgan fingerprint density at radius 1 is 1.48 bits per heavy atom. The van der Waals surface area contributed by atoms with E-state index in [4.69, 9.17) is 4.74 Å². The summed E-state index contributed by atoms with van der Waals surface area (Å²) in [5, 5.41) is 12.6. The summed E-state index contributed by atoms with van der Waals surface area (Å²) in [4.78, 5) is 25.8. The lowest BCUT2D eigenvalue weighted by molar-refractivity contribution is -0.385. The number of aldehydes is 1. The van der Waals surface area contributed by atoms with Gasteiger partial charge in [-0.25, -0.2) is 4.39 Å². The minimum atomic E-state index is -0.905. The molecule has 0 N–H and O–H groups in total. The summed E-state index contributed by atoms with van der Waals surface area (Å²) in [5.41, 5.74) is -0.480. The van der Waals surface area contributed by atoms with Crippen molar-refractivity contribution in [3.8, 4) is 11.6 Å². The fourth-order valence-corrected chi connectivity index (χ4v) is 2.52. The number of nitro benzene ring substituents is 1. The summed E-state index contributed by atoms with van der Waals surface area (Å²) in [6, 6.07) is 3.34. The van der Waals surface area contributed by atoms with Crippen molar-refractivity contribution in [1.82, 2.24) is 9.38 Å². The zero-order valence-electron chi connectivity index (χ0n) is 10.2. The van der Waals surface area contributed by atoms with Crippen molar-refractivity contribution in [3.05, 3.63) is 51.4 Å². The van der Waals surface area contributed by atoms with Crippen LogP contribution in [-0.4, -0.2) is 20.6 Å². The van der Waals surface area contributed by atoms with Gasteiger partial charge in [0.1, 0.15) is 0 Å². The van der Waals surface area contributed by atoms with Crippen LogP contribution in [0.15, 0.2) is 29.8 Å². The lowest BCUT2D eigenvalue weighted by Crippen LogP contribution is -1.98. The number of hydrogen-bond donors (Lipinski definition) is 0. The van der Waals surface area contributed by atoms with Crippen LogP contribution in [0.2, 0.25) is 0 Å². The third kappa shape index (κ3) is 2.13. The predicted octanol–water partition coefficient (Wildman–Crippen LogP) is 3.05. The number of ether oxygens (including phenoxy) is 1. The van der Waals surface area contributed by atoms with E-state index < -0.39 is 22.2 Å². The number of nitro groups is 1. The number of nitrogens with zero attached hydrogens (tertiary/aromatic N) is 3. The van der Waals surface area contributed by atoms with Crippen molar-refractivity contribution in [1.29, 1.82) is 0 Å². The summed E-state index contributed by atoms with van der Waals surface area (Å²) in [5.74, 6) is -1.65. The molecule has 9 heteroatoms. The lowest BCUT2D eigenvalue weighted by Gasteiger charge is -2.05. The highest BCUT2D eigenvalue weighted by molar-refractivity contribution is 7.15. The van der Waals surface area contributed by atoms with Crippen LogP contribution in [0.4, 0.5) is 10.1 Å². The first kappa shape index (κ1) is 13.2. The van der Waals surface area contributed by atoms with Gasteiger partial charge in [0, 0.05) is 17.6 Å². The van der Waals surface area contributed by atoms with E-state index in [2.05, 4.69) is 4.98 Å². The summed E-state index contributed by atoms with van der Waals surface area (Å²) in [7, 11) is 0. The molecule has 0 bridgehead atoms. The average Bonchev–Trinajstić information content (AvgIpc) is 3.00. The maximum atomic E-state index is 13.8. The van der Waals surface area contributed by atoms with Crippen molar-refractivity contribution >= 4 is 28.3 Å². The Morgan fingerprint density at radius 3 is 3.00 bits per heavy atom. The quantitative estimate of drug-likeness (QED) is 0.420. The van der Waals surface area contributed by atoms with E-state index in [-0.39, 0.29) is 11.6 Å². The lowest BCUT2D eigenvalue weighted by atomic mass is 10.3. The number of hydrogen-bond acceptors (Lipinski definition) is 6. The van der Waals surface area contributed by atoms with Gasteiger partial charge in [-0.15, -0.1) is 11.3 Å². The SMILES string of the molecule is O=Cc1c(Oc2c(F)cccc2[N+](=O)[O-])nc2sccn12. The van der Waals surface area contributed by atoms with Gasteiger partial charge < -0.3 is 4.74 Å². The van der Waals surface area contributed by atoms with E-state index in [1.807, 2.05) is 0 Å². The van der Waals surface area contributed by atoms with Gasteiger partial charge in [0.2, 0.25) is 11.6 Å². The molecule has 2 aromatic heterocycles. The monoisotopic (exact) mass is 307 g/mol. The molecule has 0 atom stereocenters. The van der Waals surface area contributed by atoms with Crippen molar-refractivity contribution < 1.29 is 18.8 Å². The molecule has 21 heavy (non-hydrogen) atoms. The number of thiazole rings is 1. The van der Waals surface area contributed by atoms with Gasteiger partial charge in [0.05, 0.1) is 4.92 Å². The first-order valence-corrected chi connectivity index (χ1v) is 6.51. The van der Waals surface area contributed by atoms with Crippen LogP contribution in [0.25, 0.3) is 4.96 Å².